The van der Waals surface area contributed by atoms with Gasteiger partial charge in [0.15, 0.2) is 5.78 Å². The number of likely N-dealkylation sites (tertiary alicyclic amines) is 1. The number of benzene rings is 2. The molecule has 0 aliphatic carbocycles. The van der Waals surface area contributed by atoms with Gasteiger partial charge in [0.25, 0.3) is 0 Å². The van der Waals surface area contributed by atoms with Crippen LogP contribution >= 0.6 is 12.4 Å². The summed E-state index contributed by atoms with van der Waals surface area (Å²) >= 11 is 0. The van der Waals surface area contributed by atoms with Gasteiger partial charge in [-0.05, 0) is 56.8 Å². The van der Waals surface area contributed by atoms with Crippen molar-refractivity contribution in [1.82, 2.24) is 4.90 Å². The van der Waals surface area contributed by atoms with E-state index in [4.69, 9.17) is 0 Å². The van der Waals surface area contributed by atoms with E-state index in [1.54, 1.807) is 0 Å². The summed E-state index contributed by atoms with van der Waals surface area (Å²) in [6.07, 6.45) is 5.16. The van der Waals surface area contributed by atoms with Crippen molar-refractivity contribution in [2.24, 2.45) is 0 Å². The number of carbonyl (C=O) groups is 1. The Hall–Kier alpha value is -1.64. The molecule has 1 saturated heterocycles. The Morgan fingerprint density at radius 2 is 1.64 bits per heavy atom. The van der Waals surface area contributed by atoms with Crippen LogP contribution in [0.4, 0.5) is 0 Å². The number of halogens is 1. The molecule has 2 aromatic rings. The first-order valence-electron chi connectivity index (χ1n) is 9.15. The zero-order chi connectivity index (χ0) is 16.8. The second-order valence-corrected chi connectivity index (χ2v) is 6.80. The molecule has 1 heterocycles. The maximum Gasteiger partial charge on any atom is 0.162 e. The number of carbonyl (C=O) groups excluding carboxylic acids is 1. The second-order valence-electron chi connectivity index (χ2n) is 6.80. The average molecular weight is 358 g/mol. The van der Waals surface area contributed by atoms with Gasteiger partial charge in [-0.15, -0.1) is 12.4 Å². The van der Waals surface area contributed by atoms with Crippen LogP contribution in [0.1, 0.15) is 60.1 Å². The molecule has 0 N–H and O–H groups in total. The van der Waals surface area contributed by atoms with E-state index in [-0.39, 0.29) is 18.2 Å². The van der Waals surface area contributed by atoms with E-state index in [1.165, 1.54) is 37.1 Å². The third kappa shape index (κ3) is 5.42. The fraction of sp³-hybridized carbons (Fsp3) is 0.409. The van der Waals surface area contributed by atoms with E-state index in [0.29, 0.717) is 12.5 Å². The van der Waals surface area contributed by atoms with E-state index < -0.39 is 0 Å². The summed E-state index contributed by atoms with van der Waals surface area (Å²) in [5.41, 5.74) is 3.56. The molecule has 1 atom stereocenters. The van der Waals surface area contributed by atoms with Crippen LogP contribution in [0, 0.1) is 0 Å². The van der Waals surface area contributed by atoms with Crippen LogP contribution in [-0.4, -0.2) is 23.8 Å². The molecule has 0 spiro atoms. The molecule has 2 nitrogen and oxygen atoms in total. The minimum Gasteiger partial charge on any atom is -0.297 e. The minimum absolute atomic E-state index is 0. The molecule has 134 valence electrons. The maximum atomic E-state index is 12.1. The molecule has 0 saturated carbocycles. The van der Waals surface area contributed by atoms with Gasteiger partial charge in [0, 0.05) is 18.0 Å². The Balaban J connectivity index is 0.00000225. The standard InChI is InChI=1S/C22H27NO.ClH/c1-18(23-16-5-6-17-23)20-14-12-19(13-15-20)8-7-11-22(24)21-9-3-2-4-10-21;/h2-4,9-10,12-15,18H,5-8,11,16-17H2,1H3;1H. The molecule has 1 aliphatic rings. The van der Waals surface area contributed by atoms with Crippen LogP contribution in [0.5, 0.6) is 0 Å². The zero-order valence-electron chi connectivity index (χ0n) is 15.0. The van der Waals surface area contributed by atoms with Crippen molar-refractivity contribution in [2.75, 3.05) is 13.1 Å². The highest BCUT2D eigenvalue weighted by molar-refractivity contribution is 5.95. The van der Waals surface area contributed by atoms with Gasteiger partial charge in [0.05, 0.1) is 0 Å². The smallest absolute Gasteiger partial charge is 0.162 e. The molecule has 1 fully saturated rings. The largest absolute Gasteiger partial charge is 0.297 e. The van der Waals surface area contributed by atoms with Gasteiger partial charge in [-0.1, -0.05) is 54.6 Å². The predicted octanol–water partition coefficient (Wildman–Crippen LogP) is 5.47. The monoisotopic (exact) mass is 357 g/mol. The number of ketones is 1. The minimum atomic E-state index is 0. The van der Waals surface area contributed by atoms with Crippen LogP contribution < -0.4 is 0 Å². The Morgan fingerprint density at radius 3 is 2.28 bits per heavy atom. The first-order valence-corrected chi connectivity index (χ1v) is 9.15. The Kier molecular flexibility index (Phi) is 7.67. The second kappa shape index (κ2) is 9.74. The first-order chi connectivity index (χ1) is 11.7. The van der Waals surface area contributed by atoms with Gasteiger partial charge in [0.1, 0.15) is 0 Å². The lowest BCUT2D eigenvalue weighted by Crippen LogP contribution is -2.23. The number of hydrogen-bond donors (Lipinski definition) is 0. The fourth-order valence-corrected chi connectivity index (χ4v) is 3.52. The van der Waals surface area contributed by atoms with Crippen LogP contribution in [-0.2, 0) is 6.42 Å². The number of hydrogen-bond acceptors (Lipinski definition) is 2. The number of rotatable bonds is 7. The summed E-state index contributed by atoms with van der Waals surface area (Å²) in [7, 11) is 0. The SMILES string of the molecule is CC(c1ccc(CCCC(=O)c2ccccc2)cc1)N1CCCC1.Cl. The molecule has 0 bridgehead atoms. The number of nitrogens with zero attached hydrogens (tertiary/aromatic N) is 1. The van der Waals surface area contributed by atoms with Crippen LogP contribution in [0.25, 0.3) is 0 Å². The zero-order valence-corrected chi connectivity index (χ0v) is 15.8. The van der Waals surface area contributed by atoms with E-state index in [9.17, 15) is 4.79 Å². The lowest BCUT2D eigenvalue weighted by molar-refractivity contribution is 0.0980. The summed E-state index contributed by atoms with van der Waals surface area (Å²) in [5, 5.41) is 0. The van der Waals surface area contributed by atoms with Gasteiger partial charge in [-0.2, -0.15) is 0 Å². The molecular weight excluding hydrogens is 330 g/mol. The summed E-state index contributed by atoms with van der Waals surface area (Å²) < 4.78 is 0. The van der Waals surface area contributed by atoms with Gasteiger partial charge in [-0.25, -0.2) is 0 Å². The number of Topliss-reactive ketones (excluding diaryl/α,β-unsaturated/α-hetero) is 1. The van der Waals surface area contributed by atoms with Crippen molar-refractivity contribution in [1.29, 1.82) is 0 Å². The molecule has 3 rings (SSSR count). The molecule has 1 unspecified atom stereocenters. The molecule has 0 aromatic heterocycles. The highest BCUT2D eigenvalue weighted by Gasteiger charge is 2.19. The predicted molar refractivity (Wildman–Crippen MR) is 107 cm³/mol. The molecule has 0 amide bonds. The normalized spacial score (nSPS) is 15.6. The van der Waals surface area contributed by atoms with Crippen molar-refractivity contribution in [2.45, 2.75) is 45.1 Å². The molecule has 0 radical (unpaired) electrons. The summed E-state index contributed by atoms with van der Waals surface area (Å²) in [5.74, 6) is 0.245. The van der Waals surface area contributed by atoms with E-state index in [1.807, 2.05) is 30.3 Å². The summed E-state index contributed by atoms with van der Waals surface area (Å²) in [4.78, 5) is 14.7. The molecule has 25 heavy (non-hydrogen) atoms. The summed E-state index contributed by atoms with van der Waals surface area (Å²) in [6, 6.07) is 19.1. The quantitative estimate of drug-likeness (QED) is 0.612. The van der Waals surface area contributed by atoms with Gasteiger partial charge in [-0.3, -0.25) is 9.69 Å². The van der Waals surface area contributed by atoms with Gasteiger partial charge >= 0.3 is 0 Å². The lowest BCUT2D eigenvalue weighted by Gasteiger charge is -2.24. The Labute approximate surface area is 157 Å². The Bertz CT molecular complexity index is 647. The van der Waals surface area contributed by atoms with Crippen molar-refractivity contribution in [3.05, 3.63) is 71.3 Å². The average Bonchev–Trinajstić information content (AvgIpc) is 3.17. The van der Waals surface area contributed by atoms with E-state index >= 15 is 0 Å². The lowest BCUT2D eigenvalue weighted by atomic mass is 10.00. The Morgan fingerprint density at radius 1 is 1.00 bits per heavy atom. The van der Waals surface area contributed by atoms with Crippen molar-refractivity contribution >= 4 is 18.2 Å². The maximum absolute atomic E-state index is 12.1. The van der Waals surface area contributed by atoms with E-state index in [2.05, 4.69) is 36.1 Å². The third-order valence-corrected chi connectivity index (χ3v) is 5.12. The van der Waals surface area contributed by atoms with Crippen LogP contribution in [0.15, 0.2) is 54.6 Å². The van der Waals surface area contributed by atoms with Crippen molar-refractivity contribution in [3.63, 3.8) is 0 Å². The number of aryl methyl sites for hydroxylation is 1. The van der Waals surface area contributed by atoms with Crippen molar-refractivity contribution < 1.29 is 4.79 Å². The molecule has 1 aliphatic heterocycles. The first kappa shape index (κ1) is 19.7. The summed E-state index contributed by atoms with van der Waals surface area (Å²) in [6.45, 7) is 4.76. The van der Waals surface area contributed by atoms with Gasteiger partial charge < -0.3 is 0 Å². The fourth-order valence-electron chi connectivity index (χ4n) is 3.52. The van der Waals surface area contributed by atoms with Crippen LogP contribution in [0.3, 0.4) is 0 Å². The molecule has 3 heteroatoms. The highest BCUT2D eigenvalue weighted by Crippen LogP contribution is 2.24. The molecular formula is C22H28ClNO. The topological polar surface area (TPSA) is 20.3 Å². The van der Waals surface area contributed by atoms with E-state index in [0.717, 1.165) is 18.4 Å². The van der Waals surface area contributed by atoms with Crippen molar-refractivity contribution in [3.8, 4) is 0 Å². The molecule has 2 aromatic carbocycles. The van der Waals surface area contributed by atoms with Crippen LogP contribution in [0.2, 0.25) is 0 Å². The highest BCUT2D eigenvalue weighted by atomic mass is 35.5. The third-order valence-electron chi connectivity index (χ3n) is 5.12. The van der Waals surface area contributed by atoms with Gasteiger partial charge in [0.2, 0.25) is 0 Å².